The Kier molecular flexibility index (Phi) is 4.39. The molecular weight excluding hydrogens is 222 g/mol. The summed E-state index contributed by atoms with van der Waals surface area (Å²) in [5, 5.41) is 2.42. The summed E-state index contributed by atoms with van der Waals surface area (Å²) in [6, 6.07) is 6.15. The van der Waals surface area contributed by atoms with E-state index in [9.17, 15) is 14.4 Å². The van der Waals surface area contributed by atoms with Crippen molar-refractivity contribution >= 4 is 17.7 Å². The Balaban J connectivity index is 2.63. The second-order valence-electron chi connectivity index (χ2n) is 3.45. The number of esters is 1. The highest BCUT2D eigenvalue weighted by Crippen LogP contribution is 2.12. The summed E-state index contributed by atoms with van der Waals surface area (Å²) in [5.74, 6) is -0.486. The number of ketones is 1. The van der Waals surface area contributed by atoms with Crippen molar-refractivity contribution in [1.29, 1.82) is 0 Å². The Morgan fingerprint density at radius 2 is 1.71 bits per heavy atom. The molecule has 0 saturated heterocycles. The van der Waals surface area contributed by atoms with Crippen molar-refractivity contribution < 1.29 is 19.1 Å². The maximum Gasteiger partial charge on any atom is 0.308 e. The molecule has 0 atom stereocenters. The van der Waals surface area contributed by atoms with Crippen LogP contribution >= 0.6 is 0 Å². The first-order valence-electron chi connectivity index (χ1n) is 5.05. The molecule has 1 N–H and O–H groups in total. The maximum atomic E-state index is 11.6. The van der Waals surface area contributed by atoms with Gasteiger partial charge in [0.1, 0.15) is 5.75 Å². The van der Waals surface area contributed by atoms with Crippen molar-refractivity contribution in [1.82, 2.24) is 5.32 Å². The number of benzene rings is 1. The smallest absolute Gasteiger partial charge is 0.308 e. The zero-order valence-corrected chi connectivity index (χ0v) is 9.65. The molecule has 17 heavy (non-hydrogen) atoms. The van der Waals surface area contributed by atoms with Gasteiger partial charge in [-0.3, -0.25) is 14.4 Å². The highest BCUT2D eigenvalue weighted by molar-refractivity contribution is 5.99. The molecule has 5 heteroatoms. The predicted molar refractivity (Wildman–Crippen MR) is 60.8 cm³/mol. The summed E-state index contributed by atoms with van der Waals surface area (Å²) < 4.78 is 4.83. The van der Waals surface area contributed by atoms with Crippen LogP contribution in [0.15, 0.2) is 24.3 Å². The molecule has 0 aliphatic heterocycles. The van der Waals surface area contributed by atoms with Gasteiger partial charge in [0.15, 0.2) is 5.78 Å². The van der Waals surface area contributed by atoms with Crippen LogP contribution in [0.3, 0.4) is 0 Å². The fourth-order valence-corrected chi connectivity index (χ4v) is 1.18. The lowest BCUT2D eigenvalue weighted by Gasteiger charge is -2.04. The Hall–Kier alpha value is -2.17. The molecule has 0 bridgehead atoms. The van der Waals surface area contributed by atoms with Crippen LogP contribution in [0.25, 0.3) is 0 Å². The van der Waals surface area contributed by atoms with Crippen LogP contribution in [0.2, 0.25) is 0 Å². The molecule has 0 aliphatic rings. The van der Waals surface area contributed by atoms with Crippen molar-refractivity contribution in [3.05, 3.63) is 29.8 Å². The van der Waals surface area contributed by atoms with Gasteiger partial charge in [-0.25, -0.2) is 0 Å². The minimum absolute atomic E-state index is 0.0394. The topological polar surface area (TPSA) is 72.5 Å². The Bertz CT molecular complexity index is 436. The number of carbonyl (C=O) groups excluding carboxylic acids is 3. The van der Waals surface area contributed by atoms with Crippen molar-refractivity contribution in [2.75, 3.05) is 6.54 Å². The normalized spacial score (nSPS) is 9.53. The molecule has 1 aromatic rings. The van der Waals surface area contributed by atoms with E-state index in [1.165, 1.54) is 26.0 Å². The number of amides is 1. The minimum atomic E-state index is -0.415. The lowest BCUT2D eigenvalue weighted by Crippen LogP contribution is -2.27. The van der Waals surface area contributed by atoms with E-state index in [1.54, 1.807) is 12.1 Å². The standard InChI is InChI=1S/C12H13NO4/c1-8(14)13-7-12(16)10-3-5-11(6-4-10)17-9(2)15/h3-6H,7H2,1-2H3,(H,13,14). The Morgan fingerprint density at radius 3 is 2.18 bits per heavy atom. The third-order valence-electron chi connectivity index (χ3n) is 1.94. The van der Waals surface area contributed by atoms with E-state index in [0.717, 1.165) is 0 Å². The molecule has 0 unspecified atom stereocenters. The van der Waals surface area contributed by atoms with Crippen LogP contribution in [-0.2, 0) is 9.59 Å². The molecule has 0 fully saturated rings. The van der Waals surface area contributed by atoms with Crippen LogP contribution in [0.5, 0.6) is 5.75 Å². The van der Waals surface area contributed by atoms with E-state index in [0.29, 0.717) is 11.3 Å². The molecule has 0 saturated carbocycles. The zero-order chi connectivity index (χ0) is 12.8. The van der Waals surface area contributed by atoms with Gasteiger partial charge in [0.25, 0.3) is 0 Å². The minimum Gasteiger partial charge on any atom is -0.427 e. The Labute approximate surface area is 98.8 Å². The summed E-state index contributed by atoms with van der Waals surface area (Å²) in [5.41, 5.74) is 0.453. The Morgan fingerprint density at radius 1 is 1.12 bits per heavy atom. The number of hydrogen-bond donors (Lipinski definition) is 1. The van der Waals surface area contributed by atoms with Crippen LogP contribution in [0.4, 0.5) is 0 Å². The van der Waals surface area contributed by atoms with Crippen molar-refractivity contribution in [2.45, 2.75) is 13.8 Å². The maximum absolute atomic E-state index is 11.6. The van der Waals surface area contributed by atoms with Gasteiger partial charge in [-0.15, -0.1) is 0 Å². The molecule has 0 radical (unpaired) electrons. The van der Waals surface area contributed by atoms with Gasteiger partial charge in [0.05, 0.1) is 6.54 Å². The quantitative estimate of drug-likeness (QED) is 0.478. The number of carbonyl (C=O) groups is 3. The predicted octanol–water partition coefficient (Wildman–Crippen LogP) is 0.931. The molecular formula is C12H13NO4. The van der Waals surface area contributed by atoms with Gasteiger partial charge in [0.2, 0.25) is 5.91 Å². The average Bonchev–Trinajstić information content (AvgIpc) is 2.26. The lowest BCUT2D eigenvalue weighted by atomic mass is 10.1. The highest BCUT2D eigenvalue weighted by Gasteiger charge is 2.06. The van der Waals surface area contributed by atoms with Gasteiger partial charge >= 0.3 is 5.97 Å². The summed E-state index contributed by atoms with van der Waals surface area (Å²) in [6.45, 7) is 2.61. The van der Waals surface area contributed by atoms with Crippen molar-refractivity contribution in [3.63, 3.8) is 0 Å². The van der Waals surface area contributed by atoms with E-state index in [2.05, 4.69) is 5.32 Å². The first kappa shape index (κ1) is 12.9. The molecule has 1 aromatic carbocycles. The van der Waals surface area contributed by atoms with Crippen LogP contribution in [0, 0.1) is 0 Å². The third kappa shape index (κ3) is 4.46. The van der Waals surface area contributed by atoms with Crippen LogP contribution < -0.4 is 10.1 Å². The first-order chi connectivity index (χ1) is 7.99. The van der Waals surface area contributed by atoms with Crippen molar-refractivity contribution in [3.8, 4) is 5.75 Å². The van der Waals surface area contributed by atoms with Crippen LogP contribution in [0.1, 0.15) is 24.2 Å². The summed E-state index contributed by atoms with van der Waals surface area (Å²) in [4.78, 5) is 32.9. The van der Waals surface area contributed by atoms with Gasteiger partial charge in [-0.1, -0.05) is 0 Å². The molecule has 0 aromatic heterocycles. The second kappa shape index (κ2) is 5.79. The summed E-state index contributed by atoms with van der Waals surface area (Å²) in [6.07, 6.45) is 0. The number of Topliss-reactive ketones (excluding diaryl/α,β-unsaturated/α-hetero) is 1. The highest BCUT2D eigenvalue weighted by atomic mass is 16.5. The fraction of sp³-hybridized carbons (Fsp3) is 0.250. The van der Waals surface area contributed by atoms with E-state index < -0.39 is 5.97 Å². The molecule has 1 amide bonds. The molecule has 0 heterocycles. The monoisotopic (exact) mass is 235 g/mol. The molecule has 90 valence electrons. The first-order valence-corrected chi connectivity index (χ1v) is 5.05. The zero-order valence-electron chi connectivity index (χ0n) is 9.65. The van der Waals surface area contributed by atoms with Gasteiger partial charge in [-0.2, -0.15) is 0 Å². The number of rotatable bonds is 4. The largest absolute Gasteiger partial charge is 0.427 e. The molecule has 0 spiro atoms. The summed E-state index contributed by atoms with van der Waals surface area (Å²) >= 11 is 0. The SMILES string of the molecule is CC(=O)NCC(=O)c1ccc(OC(C)=O)cc1. The van der Waals surface area contributed by atoms with Gasteiger partial charge in [-0.05, 0) is 24.3 Å². The number of nitrogens with one attached hydrogen (secondary N) is 1. The fourth-order valence-electron chi connectivity index (χ4n) is 1.18. The van der Waals surface area contributed by atoms with E-state index in [-0.39, 0.29) is 18.2 Å². The van der Waals surface area contributed by atoms with Gasteiger partial charge < -0.3 is 10.1 Å². The average molecular weight is 235 g/mol. The summed E-state index contributed by atoms with van der Waals surface area (Å²) in [7, 11) is 0. The molecule has 0 aliphatic carbocycles. The lowest BCUT2D eigenvalue weighted by molar-refractivity contribution is -0.131. The third-order valence-corrected chi connectivity index (χ3v) is 1.94. The van der Waals surface area contributed by atoms with E-state index >= 15 is 0 Å². The molecule has 1 rings (SSSR count). The molecule has 5 nitrogen and oxygen atoms in total. The van der Waals surface area contributed by atoms with Crippen molar-refractivity contribution in [2.24, 2.45) is 0 Å². The van der Waals surface area contributed by atoms with Gasteiger partial charge in [0, 0.05) is 19.4 Å². The number of hydrogen-bond acceptors (Lipinski definition) is 4. The van der Waals surface area contributed by atoms with E-state index in [1.807, 2.05) is 0 Å². The second-order valence-corrected chi connectivity index (χ2v) is 3.45. The van der Waals surface area contributed by atoms with Crippen LogP contribution in [-0.4, -0.2) is 24.2 Å². The number of ether oxygens (including phenoxy) is 1. The van der Waals surface area contributed by atoms with E-state index in [4.69, 9.17) is 4.74 Å².